The zero-order valence-corrected chi connectivity index (χ0v) is 30.8. The average Bonchev–Trinajstić information content (AvgIpc) is 2.92. The third-order valence-electron chi connectivity index (χ3n) is 10.1. The van der Waals surface area contributed by atoms with E-state index in [2.05, 4.69) is 136 Å². The molecule has 3 nitrogen and oxygen atoms in total. The van der Waals surface area contributed by atoms with Gasteiger partial charge in [0.25, 0.3) is 8.32 Å². The van der Waals surface area contributed by atoms with Gasteiger partial charge in [0.2, 0.25) is 0 Å². The van der Waals surface area contributed by atoms with E-state index < -0.39 is 16.6 Å². The van der Waals surface area contributed by atoms with Gasteiger partial charge in [-0.05, 0) is 82.7 Å². The summed E-state index contributed by atoms with van der Waals surface area (Å²) in [5, 5.41) is 2.67. The lowest BCUT2D eigenvalue weighted by Gasteiger charge is -2.47. The van der Waals surface area contributed by atoms with Gasteiger partial charge in [-0.25, -0.2) is 0 Å². The van der Waals surface area contributed by atoms with Crippen molar-refractivity contribution in [3.8, 4) is 0 Å². The van der Waals surface area contributed by atoms with Crippen LogP contribution in [0.4, 0.5) is 0 Å². The molecule has 1 atom stereocenters. The Morgan fingerprint density at radius 2 is 1.44 bits per heavy atom. The number of allylic oxidation sites excluding steroid dienone is 2. The highest BCUT2D eigenvalue weighted by Crippen LogP contribution is 2.46. The van der Waals surface area contributed by atoms with Crippen LogP contribution in [0.3, 0.4) is 0 Å². The van der Waals surface area contributed by atoms with Gasteiger partial charge in [-0.2, -0.15) is 0 Å². The Hall–Kier alpha value is -2.06. The van der Waals surface area contributed by atoms with Crippen LogP contribution in [-0.2, 0) is 13.6 Å². The van der Waals surface area contributed by atoms with Crippen LogP contribution in [0.15, 0.2) is 84.5 Å². The molecule has 0 heterocycles. The summed E-state index contributed by atoms with van der Waals surface area (Å²) in [5.74, 6) is 0.233. The highest BCUT2D eigenvalue weighted by Gasteiger charge is 2.51. The number of hydrogen-bond acceptors (Lipinski definition) is 3. The quantitative estimate of drug-likeness (QED) is 0.135. The first-order valence-electron chi connectivity index (χ1n) is 16.2. The zero-order valence-electron chi connectivity index (χ0n) is 28.8. The van der Waals surface area contributed by atoms with Gasteiger partial charge in [-0.15, -0.1) is 0 Å². The fourth-order valence-electron chi connectivity index (χ4n) is 6.30. The third-order valence-corrected chi connectivity index (χ3v) is 19.7. The molecule has 0 bridgehead atoms. The van der Waals surface area contributed by atoms with E-state index in [1.807, 2.05) is 6.08 Å². The minimum Gasteiger partial charge on any atom is -0.417 e. The van der Waals surface area contributed by atoms with E-state index >= 15 is 0 Å². The summed E-state index contributed by atoms with van der Waals surface area (Å²) < 4.78 is 13.7. The molecule has 0 saturated heterocycles. The molecule has 236 valence electrons. The molecule has 2 aromatic rings. The van der Waals surface area contributed by atoms with E-state index in [-0.39, 0.29) is 27.2 Å². The lowest BCUT2D eigenvalue weighted by Crippen LogP contribution is -2.67. The Balaban J connectivity index is 1.84. The minimum absolute atomic E-state index is 0.0358. The second kappa shape index (κ2) is 13.9. The van der Waals surface area contributed by atoms with Gasteiger partial charge >= 0.3 is 0 Å². The van der Waals surface area contributed by atoms with Gasteiger partial charge in [-0.3, -0.25) is 4.79 Å². The Morgan fingerprint density at radius 3 is 1.93 bits per heavy atom. The molecule has 3 rings (SSSR count). The molecular formula is C38H58O3Si2. The van der Waals surface area contributed by atoms with Crippen molar-refractivity contribution in [3.05, 3.63) is 84.5 Å². The molecule has 0 aromatic heterocycles. The van der Waals surface area contributed by atoms with Crippen LogP contribution >= 0.6 is 0 Å². The van der Waals surface area contributed by atoms with Gasteiger partial charge in [-0.1, -0.05) is 128 Å². The van der Waals surface area contributed by atoms with Crippen LogP contribution in [0.2, 0.25) is 23.2 Å². The molecule has 0 aliphatic heterocycles. The molecule has 1 fully saturated rings. The lowest BCUT2D eigenvalue weighted by atomic mass is 9.66. The van der Waals surface area contributed by atoms with Crippen molar-refractivity contribution in [1.82, 2.24) is 0 Å². The number of carbonyl (C=O) groups is 1. The summed E-state index contributed by atoms with van der Waals surface area (Å²) in [6.07, 6.45) is 6.56. The largest absolute Gasteiger partial charge is 0.417 e. The van der Waals surface area contributed by atoms with E-state index in [1.54, 1.807) is 0 Å². The third kappa shape index (κ3) is 8.36. The van der Waals surface area contributed by atoms with Crippen molar-refractivity contribution in [3.63, 3.8) is 0 Å². The molecule has 1 saturated carbocycles. The summed E-state index contributed by atoms with van der Waals surface area (Å²) in [7, 11) is -4.47. The molecule has 0 amide bonds. The van der Waals surface area contributed by atoms with Crippen molar-refractivity contribution < 1.29 is 13.6 Å². The molecule has 1 aliphatic rings. The van der Waals surface area contributed by atoms with Crippen LogP contribution in [0, 0.1) is 11.3 Å². The molecule has 43 heavy (non-hydrogen) atoms. The van der Waals surface area contributed by atoms with Gasteiger partial charge in [0.15, 0.2) is 14.1 Å². The first-order chi connectivity index (χ1) is 19.9. The number of benzene rings is 2. The minimum atomic E-state index is -2.68. The molecule has 2 aromatic carbocycles. The van der Waals surface area contributed by atoms with E-state index in [1.165, 1.54) is 15.9 Å². The van der Waals surface area contributed by atoms with Crippen LogP contribution in [0.25, 0.3) is 0 Å². The summed E-state index contributed by atoms with van der Waals surface area (Å²) in [5.41, 5.74) is 1.94. The summed E-state index contributed by atoms with van der Waals surface area (Å²) in [6.45, 7) is 28.5. The maximum atomic E-state index is 13.5. The summed E-state index contributed by atoms with van der Waals surface area (Å²) >= 11 is 0. The van der Waals surface area contributed by atoms with Gasteiger partial charge in [0.05, 0.1) is 0 Å². The van der Waals surface area contributed by atoms with Crippen LogP contribution < -0.4 is 10.4 Å². The molecule has 1 aliphatic carbocycles. The smallest absolute Gasteiger partial charge is 0.261 e. The zero-order chi connectivity index (χ0) is 32.1. The van der Waals surface area contributed by atoms with Crippen LogP contribution in [0.1, 0.15) is 87.5 Å². The summed E-state index contributed by atoms with van der Waals surface area (Å²) in [4.78, 5) is 13.5. The van der Waals surface area contributed by atoms with Crippen molar-refractivity contribution in [1.29, 1.82) is 0 Å². The Labute approximate surface area is 265 Å². The van der Waals surface area contributed by atoms with E-state index in [0.717, 1.165) is 25.7 Å². The standard InChI is InChI=1S/C38H58O3Si2/c1-30(20-19-27-40-42(10,11)36(2,3)4)35(39)28-31-21-18-26-38(8,9)34(31)29-41-43(37(5,6)7,32-22-14-12-15-23-32)33-24-16-13-17-25-33/h12-17,22-25,28,34H,1,18-21,26-27,29H2,2-11H3/b31-28+. The van der Waals surface area contributed by atoms with Gasteiger partial charge < -0.3 is 8.85 Å². The molecule has 0 spiro atoms. The molecular weight excluding hydrogens is 561 g/mol. The molecule has 0 radical (unpaired) electrons. The topological polar surface area (TPSA) is 35.5 Å². The number of ketones is 1. The Bertz CT molecular complexity index is 1210. The van der Waals surface area contributed by atoms with Crippen molar-refractivity contribution >= 4 is 32.8 Å². The maximum Gasteiger partial charge on any atom is 0.261 e. The fraction of sp³-hybridized carbons (Fsp3) is 0.553. The van der Waals surface area contributed by atoms with Crippen LogP contribution in [-0.4, -0.2) is 35.6 Å². The number of hydrogen-bond donors (Lipinski definition) is 0. The SMILES string of the molecule is C=C(CCCO[Si](C)(C)C(C)(C)C)C(=O)/C=C1\CCCC(C)(C)C1CO[Si](c1ccccc1)(c1ccccc1)C(C)(C)C. The van der Waals surface area contributed by atoms with E-state index in [9.17, 15) is 4.79 Å². The fourth-order valence-corrected chi connectivity index (χ4v) is 12.0. The maximum absolute atomic E-state index is 13.5. The number of rotatable bonds is 12. The van der Waals surface area contributed by atoms with Gasteiger partial charge in [0.1, 0.15) is 0 Å². The van der Waals surface area contributed by atoms with Crippen LogP contribution in [0.5, 0.6) is 0 Å². The predicted octanol–water partition coefficient (Wildman–Crippen LogP) is 9.24. The van der Waals surface area contributed by atoms with Crippen molar-refractivity contribution in [2.24, 2.45) is 11.3 Å². The lowest BCUT2D eigenvalue weighted by molar-refractivity contribution is -0.111. The molecule has 5 heteroatoms. The van der Waals surface area contributed by atoms with Gasteiger partial charge in [0, 0.05) is 19.1 Å². The van der Waals surface area contributed by atoms with Crippen molar-refractivity contribution in [2.45, 2.75) is 111 Å². The molecule has 0 N–H and O–H groups in total. The summed E-state index contributed by atoms with van der Waals surface area (Å²) in [6, 6.07) is 21.7. The Kier molecular flexibility index (Phi) is 11.5. The normalized spacial score (nSPS) is 18.9. The van der Waals surface area contributed by atoms with Crippen molar-refractivity contribution in [2.75, 3.05) is 13.2 Å². The first kappa shape index (κ1) is 35.4. The first-order valence-corrected chi connectivity index (χ1v) is 21.1. The highest BCUT2D eigenvalue weighted by atomic mass is 28.4. The Morgan fingerprint density at radius 1 is 0.907 bits per heavy atom. The monoisotopic (exact) mass is 618 g/mol. The second-order valence-corrected chi connectivity index (χ2v) is 24.9. The van der Waals surface area contributed by atoms with E-state index in [0.29, 0.717) is 25.2 Å². The highest BCUT2D eigenvalue weighted by molar-refractivity contribution is 6.99. The van der Waals surface area contributed by atoms with E-state index in [4.69, 9.17) is 8.85 Å². The molecule has 1 unspecified atom stereocenters. The average molecular weight is 619 g/mol. The second-order valence-electron chi connectivity index (χ2n) is 15.8. The predicted molar refractivity (Wildman–Crippen MR) is 189 cm³/mol. The number of carbonyl (C=O) groups excluding carboxylic acids is 1.